The highest BCUT2D eigenvalue weighted by atomic mass is 32.2. The molecule has 0 aliphatic carbocycles. The second-order valence-corrected chi connectivity index (χ2v) is 7.37. The molecule has 0 radical (unpaired) electrons. The average molecular weight is 266 g/mol. The van der Waals surface area contributed by atoms with Crippen molar-refractivity contribution in [1.29, 1.82) is 0 Å². The highest BCUT2D eigenvalue weighted by molar-refractivity contribution is 8.01. The van der Waals surface area contributed by atoms with Gasteiger partial charge < -0.3 is 4.74 Å². The van der Waals surface area contributed by atoms with Gasteiger partial charge in [0.15, 0.2) is 0 Å². The third-order valence-corrected chi connectivity index (χ3v) is 3.63. The van der Waals surface area contributed by atoms with Gasteiger partial charge in [0.25, 0.3) is 0 Å². The van der Waals surface area contributed by atoms with Crippen LogP contribution in [0.4, 0.5) is 0 Å². The van der Waals surface area contributed by atoms with Crippen LogP contribution in [0.2, 0.25) is 0 Å². The summed E-state index contributed by atoms with van der Waals surface area (Å²) in [7, 11) is 0. The molecule has 0 unspecified atom stereocenters. The number of thioether (sulfide) groups is 1. The van der Waals surface area contributed by atoms with Crippen molar-refractivity contribution in [2.75, 3.05) is 5.75 Å². The highest BCUT2D eigenvalue weighted by Crippen LogP contribution is 2.27. The van der Waals surface area contributed by atoms with Crippen molar-refractivity contribution >= 4 is 17.7 Å². The Morgan fingerprint density at radius 1 is 1.28 bits per heavy atom. The van der Waals surface area contributed by atoms with Crippen LogP contribution in [0, 0.1) is 0 Å². The topological polar surface area (TPSA) is 26.3 Å². The van der Waals surface area contributed by atoms with Crippen molar-refractivity contribution in [3.05, 3.63) is 29.8 Å². The van der Waals surface area contributed by atoms with Crippen LogP contribution in [0.25, 0.3) is 0 Å². The van der Waals surface area contributed by atoms with Crippen molar-refractivity contribution in [1.82, 2.24) is 0 Å². The van der Waals surface area contributed by atoms with E-state index in [4.69, 9.17) is 4.74 Å². The maximum atomic E-state index is 11.8. The van der Waals surface area contributed by atoms with Gasteiger partial charge in [-0.05, 0) is 17.5 Å². The first-order valence-corrected chi connectivity index (χ1v) is 7.22. The number of ether oxygens (including phenoxy) is 1. The summed E-state index contributed by atoms with van der Waals surface area (Å²) < 4.78 is 5.52. The fourth-order valence-corrected chi connectivity index (χ4v) is 2.09. The Hall–Kier alpha value is -0.960. The minimum atomic E-state index is -0.178. The molecule has 18 heavy (non-hydrogen) atoms. The molecule has 0 amide bonds. The average Bonchev–Trinajstić information content (AvgIpc) is 2.26. The molecule has 100 valence electrons. The Kier molecular flexibility index (Phi) is 5.27. The molecule has 0 aromatic heterocycles. The molecule has 0 bridgehead atoms. The molecule has 0 atom stereocenters. The number of esters is 1. The van der Waals surface area contributed by atoms with E-state index in [9.17, 15) is 4.79 Å². The molecule has 3 heteroatoms. The van der Waals surface area contributed by atoms with Gasteiger partial charge in [-0.15, -0.1) is 11.8 Å². The van der Waals surface area contributed by atoms with Gasteiger partial charge in [0, 0.05) is 4.75 Å². The fraction of sp³-hybridized carbons (Fsp3) is 0.533. The van der Waals surface area contributed by atoms with E-state index in [1.807, 2.05) is 24.3 Å². The molecule has 1 aromatic carbocycles. The van der Waals surface area contributed by atoms with E-state index in [1.54, 1.807) is 11.8 Å². The second kappa shape index (κ2) is 6.28. The van der Waals surface area contributed by atoms with E-state index in [1.165, 1.54) is 0 Å². The lowest BCUT2D eigenvalue weighted by Gasteiger charge is -2.17. The molecule has 0 N–H and O–H groups in total. The van der Waals surface area contributed by atoms with Crippen molar-refractivity contribution in [2.45, 2.75) is 45.3 Å². The van der Waals surface area contributed by atoms with Gasteiger partial charge in [0.05, 0.1) is 5.75 Å². The SMILES string of the molecule is CC(C)c1ccccc1OC(=O)CSC(C)(C)C. The molecule has 1 aromatic rings. The zero-order valence-corrected chi connectivity index (χ0v) is 12.6. The lowest BCUT2D eigenvalue weighted by atomic mass is 10.0. The summed E-state index contributed by atoms with van der Waals surface area (Å²) in [6, 6.07) is 7.72. The Bertz CT molecular complexity index is 405. The summed E-state index contributed by atoms with van der Waals surface area (Å²) in [5.41, 5.74) is 1.08. The molecule has 0 fully saturated rings. The molecule has 0 aliphatic rings. The van der Waals surface area contributed by atoms with Crippen molar-refractivity contribution in [2.24, 2.45) is 0 Å². The molecule has 0 spiro atoms. The summed E-state index contributed by atoms with van der Waals surface area (Å²) >= 11 is 1.60. The van der Waals surface area contributed by atoms with Crippen molar-refractivity contribution in [3.63, 3.8) is 0 Å². The molecule has 2 nitrogen and oxygen atoms in total. The van der Waals surface area contributed by atoms with E-state index in [-0.39, 0.29) is 10.7 Å². The first kappa shape index (κ1) is 15.1. The Morgan fingerprint density at radius 2 is 1.89 bits per heavy atom. The standard InChI is InChI=1S/C15H22O2S/c1-11(2)12-8-6-7-9-13(12)17-14(16)10-18-15(3,4)5/h6-9,11H,10H2,1-5H3. The van der Waals surface area contributed by atoms with Crippen LogP contribution in [0.5, 0.6) is 5.75 Å². The lowest BCUT2D eigenvalue weighted by molar-refractivity contribution is -0.131. The molecular weight excluding hydrogens is 244 g/mol. The first-order valence-electron chi connectivity index (χ1n) is 6.23. The Labute approximate surface area is 114 Å². The minimum Gasteiger partial charge on any atom is -0.426 e. The molecule has 0 saturated heterocycles. The van der Waals surface area contributed by atoms with Crippen LogP contribution in [0.1, 0.15) is 46.1 Å². The van der Waals surface area contributed by atoms with Gasteiger partial charge in [-0.1, -0.05) is 52.8 Å². The van der Waals surface area contributed by atoms with E-state index >= 15 is 0 Å². The summed E-state index contributed by atoms with van der Waals surface area (Å²) in [4.78, 5) is 11.8. The Morgan fingerprint density at radius 3 is 2.44 bits per heavy atom. The van der Waals surface area contributed by atoms with Gasteiger partial charge in [-0.25, -0.2) is 0 Å². The van der Waals surface area contributed by atoms with Gasteiger partial charge in [0.1, 0.15) is 5.75 Å². The van der Waals surface area contributed by atoms with Gasteiger partial charge >= 0.3 is 5.97 Å². The summed E-state index contributed by atoms with van der Waals surface area (Å²) in [5, 5.41) is 0. The van der Waals surface area contributed by atoms with E-state index < -0.39 is 0 Å². The summed E-state index contributed by atoms with van der Waals surface area (Å²) in [6.07, 6.45) is 0. The summed E-state index contributed by atoms with van der Waals surface area (Å²) in [5.74, 6) is 1.25. The maximum Gasteiger partial charge on any atom is 0.321 e. The van der Waals surface area contributed by atoms with Crippen LogP contribution >= 0.6 is 11.8 Å². The lowest BCUT2D eigenvalue weighted by Crippen LogP contribution is -2.17. The fourth-order valence-electron chi connectivity index (χ4n) is 1.48. The van der Waals surface area contributed by atoms with Gasteiger partial charge in [-0.3, -0.25) is 4.79 Å². The van der Waals surface area contributed by atoms with E-state index in [0.717, 1.165) is 5.56 Å². The molecule has 0 aliphatic heterocycles. The zero-order chi connectivity index (χ0) is 13.8. The third kappa shape index (κ3) is 5.13. The molecule has 0 heterocycles. The largest absolute Gasteiger partial charge is 0.426 e. The summed E-state index contributed by atoms with van der Waals surface area (Å²) in [6.45, 7) is 10.5. The van der Waals surface area contributed by atoms with Crippen molar-refractivity contribution in [3.8, 4) is 5.75 Å². The number of benzene rings is 1. The van der Waals surface area contributed by atoms with Crippen LogP contribution in [0.3, 0.4) is 0 Å². The predicted octanol–water partition coefficient (Wildman–Crippen LogP) is 4.25. The quantitative estimate of drug-likeness (QED) is 0.602. The smallest absolute Gasteiger partial charge is 0.321 e. The zero-order valence-electron chi connectivity index (χ0n) is 11.8. The number of hydrogen-bond acceptors (Lipinski definition) is 3. The molecule has 0 saturated carbocycles. The van der Waals surface area contributed by atoms with Crippen LogP contribution < -0.4 is 4.74 Å². The molecular formula is C15H22O2S. The highest BCUT2D eigenvalue weighted by Gasteiger charge is 2.16. The first-order chi connectivity index (χ1) is 8.29. The number of carbonyl (C=O) groups excluding carboxylic acids is 1. The number of carbonyl (C=O) groups is 1. The minimum absolute atomic E-state index is 0.0799. The number of hydrogen-bond donors (Lipinski definition) is 0. The van der Waals surface area contributed by atoms with Gasteiger partial charge in [-0.2, -0.15) is 0 Å². The van der Waals surface area contributed by atoms with Crippen LogP contribution in [0.15, 0.2) is 24.3 Å². The normalized spacial score (nSPS) is 11.7. The maximum absolute atomic E-state index is 11.8. The van der Waals surface area contributed by atoms with Crippen molar-refractivity contribution < 1.29 is 9.53 Å². The second-order valence-electron chi connectivity index (χ2n) is 5.57. The Balaban J connectivity index is 2.65. The monoisotopic (exact) mass is 266 g/mol. The predicted molar refractivity (Wildman–Crippen MR) is 78.4 cm³/mol. The van der Waals surface area contributed by atoms with E-state index in [0.29, 0.717) is 17.4 Å². The van der Waals surface area contributed by atoms with Gasteiger partial charge in [0.2, 0.25) is 0 Å². The van der Waals surface area contributed by atoms with E-state index in [2.05, 4.69) is 34.6 Å². The number of para-hydroxylation sites is 1. The number of rotatable bonds is 4. The van der Waals surface area contributed by atoms with Crippen LogP contribution in [-0.2, 0) is 4.79 Å². The molecule has 1 rings (SSSR count). The third-order valence-electron chi connectivity index (χ3n) is 2.39. The van der Waals surface area contributed by atoms with Crippen LogP contribution in [-0.4, -0.2) is 16.5 Å².